The number of hydrogen-bond donors (Lipinski definition) is 2. The van der Waals surface area contributed by atoms with E-state index >= 15 is 0 Å². The van der Waals surface area contributed by atoms with E-state index in [2.05, 4.69) is 32.5 Å². The first-order chi connectivity index (χ1) is 16.6. The molecule has 4 rings (SSSR count). The number of methoxy groups -OCH3 is 1. The number of carbonyl (C=O) groups is 1. The fraction of sp³-hybridized carbons (Fsp3) is 0.167. The Hall–Kier alpha value is -0.0761. The van der Waals surface area contributed by atoms with E-state index in [0.717, 1.165) is 12.3 Å². The SMILES string of the molecule is C.COc1cnn(Cc2ccccc2)c1.Oc1cnn(Cc2ccccc2)c1.[2H]OOC=O.[CH2-]F.[Cs+].[Cs+]. The van der Waals surface area contributed by atoms with Crippen LogP contribution in [0.2, 0.25) is 0 Å². The van der Waals surface area contributed by atoms with Gasteiger partial charge in [0.1, 0.15) is 0 Å². The first kappa shape index (κ1) is 38.1. The van der Waals surface area contributed by atoms with Gasteiger partial charge in [0.25, 0.3) is 1.43 Å². The van der Waals surface area contributed by atoms with Gasteiger partial charge in [-0.2, -0.15) is 17.4 Å². The molecular weight excluding hydrogens is 709 g/mol. The van der Waals surface area contributed by atoms with Crippen molar-refractivity contribution in [2.24, 2.45) is 0 Å². The zero-order chi connectivity index (χ0) is 25.0. The van der Waals surface area contributed by atoms with Gasteiger partial charge in [0, 0.05) is 0 Å². The van der Waals surface area contributed by atoms with Crippen LogP contribution < -0.4 is 143 Å². The summed E-state index contributed by atoms with van der Waals surface area (Å²) in [6, 6.07) is 20.2. The van der Waals surface area contributed by atoms with E-state index in [9.17, 15) is 4.39 Å². The van der Waals surface area contributed by atoms with E-state index in [-0.39, 0.29) is 157 Å². The van der Waals surface area contributed by atoms with Gasteiger partial charge < -0.3 is 19.1 Å². The van der Waals surface area contributed by atoms with Crippen molar-refractivity contribution >= 4 is 6.47 Å². The van der Waals surface area contributed by atoms with E-state index in [1.54, 1.807) is 31.4 Å². The number of benzene rings is 2. The summed E-state index contributed by atoms with van der Waals surface area (Å²) in [5.41, 5.74) is 2.41. The molecule has 0 unspecified atom stereocenters. The van der Waals surface area contributed by atoms with Crippen LogP contribution in [-0.2, 0) is 22.8 Å². The van der Waals surface area contributed by atoms with Gasteiger partial charge in [-0.1, -0.05) is 68.1 Å². The first-order valence-electron chi connectivity index (χ1n) is 9.90. The van der Waals surface area contributed by atoms with Crippen molar-refractivity contribution in [3.05, 3.63) is 104 Å². The molecule has 2 aromatic carbocycles. The number of aromatic hydroxyl groups is 1. The minimum Gasteiger partial charge on any atom is -0.505 e. The van der Waals surface area contributed by atoms with Crippen LogP contribution in [-0.4, -0.2) is 43.5 Å². The first-order valence-corrected chi connectivity index (χ1v) is 9.49. The van der Waals surface area contributed by atoms with Crippen LogP contribution >= 0.6 is 0 Å². The van der Waals surface area contributed by atoms with E-state index in [0.29, 0.717) is 6.54 Å². The Morgan fingerprint density at radius 3 is 1.75 bits per heavy atom. The van der Waals surface area contributed by atoms with Crippen molar-refractivity contribution in [3.8, 4) is 11.5 Å². The molecule has 9 nitrogen and oxygen atoms in total. The van der Waals surface area contributed by atoms with Crippen LogP contribution in [0, 0.1) is 7.18 Å². The van der Waals surface area contributed by atoms with E-state index in [1.165, 1.54) is 17.3 Å². The molecule has 0 amide bonds. The van der Waals surface area contributed by atoms with Crippen molar-refractivity contribution in [1.82, 2.24) is 19.6 Å². The summed E-state index contributed by atoms with van der Waals surface area (Å²) in [5.74, 6) is 0.997. The third-order valence-electron chi connectivity index (χ3n) is 3.88. The molecule has 0 atom stereocenters. The van der Waals surface area contributed by atoms with Crippen LogP contribution in [0.25, 0.3) is 1.43 Å². The topological polar surface area (TPSA) is 112 Å². The fourth-order valence-electron chi connectivity index (χ4n) is 2.52. The van der Waals surface area contributed by atoms with Crippen molar-refractivity contribution < 1.29 is 167 Å². The maximum absolute atomic E-state index is 9.25. The summed E-state index contributed by atoms with van der Waals surface area (Å²) in [7, 11) is 3.39. The number of ether oxygens (including phenoxy) is 1. The molecule has 2 heterocycles. The predicted molar refractivity (Wildman–Crippen MR) is 127 cm³/mol. The molecule has 2 aromatic heterocycles. The standard InChI is InChI=1S/C11H12N2O.C10H10N2O.CH2F.CH2O3.CH4.2Cs/c1-14-11-7-12-13(9-11)8-10-5-3-2-4-6-10;13-10-6-11-12(8-10)7-9-4-2-1-3-5-9;1-2;2-1-4-3;;;/h2-7,9H,8H2,1H3;1-6,8,13H,7H2;1H2;1,3H;1H4;;/q;;-1;;;2*+1/i/hD. The molecule has 0 bridgehead atoms. The van der Waals surface area contributed by atoms with Crippen molar-refractivity contribution in [2.75, 3.05) is 7.11 Å². The summed E-state index contributed by atoms with van der Waals surface area (Å²) in [6.45, 7) is 1.50. The maximum atomic E-state index is 9.25. The van der Waals surface area contributed by atoms with E-state index in [4.69, 9.17) is 16.1 Å². The molecule has 36 heavy (non-hydrogen) atoms. The average Bonchev–Trinajstić information content (AvgIpc) is 3.51. The van der Waals surface area contributed by atoms with Crippen LogP contribution in [0.4, 0.5) is 4.39 Å². The zero-order valence-electron chi connectivity index (χ0n) is 21.0. The van der Waals surface area contributed by atoms with Crippen LogP contribution in [0.3, 0.4) is 0 Å². The Morgan fingerprint density at radius 1 is 0.944 bits per heavy atom. The second kappa shape index (κ2) is 26.5. The Morgan fingerprint density at radius 2 is 1.42 bits per heavy atom. The van der Waals surface area contributed by atoms with Gasteiger partial charge in [0.05, 0.1) is 45.0 Å². The van der Waals surface area contributed by atoms with Crippen molar-refractivity contribution in [2.45, 2.75) is 20.5 Å². The Labute approximate surface area is 330 Å². The minimum absolute atomic E-state index is 0. The van der Waals surface area contributed by atoms with Crippen LogP contribution in [0.15, 0.2) is 85.5 Å². The summed E-state index contributed by atoms with van der Waals surface area (Å²) in [5, 5.41) is 20.3. The van der Waals surface area contributed by atoms with Crippen LogP contribution in [0.5, 0.6) is 11.5 Å². The molecule has 0 fully saturated rings. The third-order valence-corrected chi connectivity index (χ3v) is 3.88. The second-order valence-electron chi connectivity index (χ2n) is 6.14. The van der Waals surface area contributed by atoms with Gasteiger partial charge in [-0.25, -0.2) is 5.26 Å². The Kier molecular flexibility index (Phi) is 28.1. The number of rotatable bonds is 7. The molecule has 0 saturated heterocycles. The molecule has 0 spiro atoms. The molecule has 0 aliphatic carbocycles. The fourth-order valence-corrected chi connectivity index (χ4v) is 2.52. The molecule has 4 aromatic rings. The van der Waals surface area contributed by atoms with Gasteiger partial charge in [-0.05, 0) is 11.1 Å². The van der Waals surface area contributed by atoms with Gasteiger partial charge in [-0.3, -0.25) is 14.2 Å². The molecule has 0 saturated carbocycles. The Balaban J connectivity index is -0.000000472. The van der Waals surface area contributed by atoms with Crippen molar-refractivity contribution in [1.29, 1.82) is 1.43 Å². The number of nitrogens with zero attached hydrogens (tertiary/aromatic N) is 4. The summed E-state index contributed by atoms with van der Waals surface area (Å²) in [6.07, 6.45) is 6.63. The quantitative estimate of drug-likeness (QED) is 0.104. The zero-order valence-corrected chi connectivity index (χ0v) is 32.6. The molecule has 2 N–H and O–H groups in total. The molecular formula is C24H30Cs2FN4O5+. The monoisotopic (exact) mass is 740 g/mol. The van der Waals surface area contributed by atoms with Crippen molar-refractivity contribution in [3.63, 3.8) is 0 Å². The normalized spacial score (nSPS) is 8.69. The van der Waals surface area contributed by atoms with Gasteiger partial charge >= 0.3 is 144 Å². The molecule has 0 aliphatic heterocycles. The average molecular weight is 740 g/mol. The van der Waals surface area contributed by atoms with Gasteiger partial charge in [-0.15, -0.1) is 0 Å². The Bertz CT molecular complexity index is 1040. The number of carbonyl (C=O) groups excluding carboxylic acids is 1. The summed E-state index contributed by atoms with van der Waals surface area (Å²) >= 11 is 0. The molecule has 0 aliphatic rings. The maximum Gasteiger partial charge on any atom is 1.00 e. The predicted octanol–water partition coefficient (Wildman–Crippen LogP) is -1.40. The molecule has 12 heteroatoms. The summed E-state index contributed by atoms with van der Waals surface area (Å²) in [4.78, 5) is 12.3. The largest absolute Gasteiger partial charge is 1.00 e. The van der Waals surface area contributed by atoms with E-state index in [1.807, 2.05) is 59.4 Å². The van der Waals surface area contributed by atoms with Crippen LogP contribution in [0.1, 0.15) is 18.6 Å². The van der Waals surface area contributed by atoms with Gasteiger partial charge in [0.15, 0.2) is 11.5 Å². The minimum atomic E-state index is 0. The number of aromatic nitrogens is 4. The second-order valence-corrected chi connectivity index (χ2v) is 6.14. The summed E-state index contributed by atoms with van der Waals surface area (Å²) < 4.78 is 23.5. The smallest absolute Gasteiger partial charge is 0.505 e. The molecule has 0 radical (unpaired) electrons. The molecule has 184 valence electrons. The number of hydrogen-bond acceptors (Lipinski definition) is 7. The third kappa shape index (κ3) is 18.2. The number of halogens is 1. The van der Waals surface area contributed by atoms with Gasteiger partial charge in [0.2, 0.25) is 0 Å². The van der Waals surface area contributed by atoms with E-state index < -0.39 is 0 Å².